The first-order valence-electron chi connectivity index (χ1n) is 5.63. The Kier molecular flexibility index (Phi) is 3.20. The minimum atomic E-state index is -0.255. The standard InChI is InChI=1S/C13H10FN3S2/c1-7-15-11-12(19-7)10(16-17-13(11)18-2)8-3-5-9(14)6-4-8/h3-6H,1-2H3. The van der Waals surface area contributed by atoms with Crippen LogP contribution >= 0.6 is 23.1 Å². The number of hydrogen-bond donors (Lipinski definition) is 0. The van der Waals surface area contributed by atoms with Crippen molar-refractivity contribution < 1.29 is 4.39 Å². The molecule has 0 amide bonds. The number of aryl methyl sites for hydroxylation is 1. The van der Waals surface area contributed by atoms with Gasteiger partial charge in [0.25, 0.3) is 0 Å². The molecule has 3 aromatic rings. The zero-order valence-corrected chi connectivity index (χ0v) is 12.0. The summed E-state index contributed by atoms with van der Waals surface area (Å²) < 4.78 is 14.0. The molecule has 0 saturated carbocycles. The lowest BCUT2D eigenvalue weighted by Gasteiger charge is -2.03. The van der Waals surface area contributed by atoms with Gasteiger partial charge >= 0.3 is 0 Å². The third-order valence-corrected chi connectivity index (χ3v) is 4.34. The Bertz CT molecular complexity index is 737. The molecule has 2 aromatic heterocycles. The lowest BCUT2D eigenvalue weighted by molar-refractivity contribution is 0.628. The van der Waals surface area contributed by atoms with Gasteiger partial charge in [0.05, 0.1) is 9.71 Å². The molecule has 0 spiro atoms. The highest BCUT2D eigenvalue weighted by molar-refractivity contribution is 7.98. The lowest BCUT2D eigenvalue weighted by Crippen LogP contribution is -1.91. The largest absolute Gasteiger partial charge is 0.238 e. The van der Waals surface area contributed by atoms with Crippen molar-refractivity contribution >= 4 is 33.3 Å². The predicted octanol–water partition coefficient (Wildman–Crippen LogP) is 3.92. The number of thioether (sulfide) groups is 1. The van der Waals surface area contributed by atoms with Crippen molar-refractivity contribution in [3.8, 4) is 11.3 Å². The van der Waals surface area contributed by atoms with Crippen LogP contribution in [-0.4, -0.2) is 21.4 Å². The van der Waals surface area contributed by atoms with E-state index in [0.29, 0.717) is 0 Å². The van der Waals surface area contributed by atoms with E-state index in [1.165, 1.54) is 23.9 Å². The average Bonchev–Trinajstić information content (AvgIpc) is 2.80. The second-order valence-corrected chi connectivity index (χ2v) is 5.97. The van der Waals surface area contributed by atoms with Crippen LogP contribution < -0.4 is 0 Å². The summed E-state index contributed by atoms with van der Waals surface area (Å²) in [4.78, 5) is 4.51. The summed E-state index contributed by atoms with van der Waals surface area (Å²) in [5, 5.41) is 10.3. The van der Waals surface area contributed by atoms with Crippen molar-refractivity contribution in [2.24, 2.45) is 0 Å². The molecule has 0 aliphatic rings. The first kappa shape index (κ1) is 12.5. The molecule has 6 heteroatoms. The third kappa shape index (κ3) is 2.21. The molecule has 19 heavy (non-hydrogen) atoms. The molecule has 0 radical (unpaired) electrons. The van der Waals surface area contributed by atoms with E-state index >= 15 is 0 Å². The Labute approximate surface area is 117 Å². The maximum atomic E-state index is 13.0. The van der Waals surface area contributed by atoms with Gasteiger partial charge in [-0.25, -0.2) is 9.37 Å². The maximum absolute atomic E-state index is 13.0. The van der Waals surface area contributed by atoms with E-state index in [0.717, 1.165) is 31.5 Å². The first-order valence-corrected chi connectivity index (χ1v) is 7.67. The van der Waals surface area contributed by atoms with Crippen LogP contribution in [0.5, 0.6) is 0 Å². The number of thiazole rings is 1. The maximum Gasteiger partial charge on any atom is 0.146 e. The second-order valence-electron chi connectivity index (χ2n) is 3.98. The van der Waals surface area contributed by atoms with Gasteiger partial charge in [-0.3, -0.25) is 0 Å². The van der Waals surface area contributed by atoms with Crippen molar-refractivity contribution in [1.82, 2.24) is 15.2 Å². The number of aromatic nitrogens is 3. The fourth-order valence-electron chi connectivity index (χ4n) is 1.85. The highest BCUT2D eigenvalue weighted by atomic mass is 32.2. The molecule has 0 unspecified atom stereocenters. The Hall–Kier alpha value is -1.53. The van der Waals surface area contributed by atoms with E-state index in [1.54, 1.807) is 23.5 Å². The van der Waals surface area contributed by atoms with Crippen molar-refractivity contribution in [2.75, 3.05) is 6.26 Å². The molecular weight excluding hydrogens is 281 g/mol. The predicted molar refractivity (Wildman–Crippen MR) is 77.1 cm³/mol. The SMILES string of the molecule is CSc1nnc(-c2ccc(F)cc2)c2sc(C)nc12. The molecule has 0 saturated heterocycles. The van der Waals surface area contributed by atoms with Gasteiger partial charge in [0.1, 0.15) is 22.1 Å². The number of hydrogen-bond acceptors (Lipinski definition) is 5. The molecule has 0 N–H and O–H groups in total. The molecule has 96 valence electrons. The van der Waals surface area contributed by atoms with E-state index in [2.05, 4.69) is 15.2 Å². The number of fused-ring (bicyclic) bond motifs is 1. The van der Waals surface area contributed by atoms with Crippen LogP contribution in [0.15, 0.2) is 29.3 Å². The van der Waals surface area contributed by atoms with Gasteiger partial charge in [-0.05, 0) is 37.4 Å². The van der Waals surface area contributed by atoms with Gasteiger partial charge in [-0.1, -0.05) is 0 Å². The fourth-order valence-corrected chi connectivity index (χ4v) is 3.31. The Morgan fingerprint density at radius 2 is 1.89 bits per heavy atom. The number of benzene rings is 1. The van der Waals surface area contributed by atoms with E-state index in [1.807, 2.05) is 13.2 Å². The van der Waals surface area contributed by atoms with Gasteiger partial charge in [0.15, 0.2) is 0 Å². The summed E-state index contributed by atoms with van der Waals surface area (Å²) in [7, 11) is 0. The molecule has 0 aliphatic heterocycles. The van der Waals surface area contributed by atoms with Crippen molar-refractivity contribution in [2.45, 2.75) is 11.9 Å². The molecule has 3 rings (SSSR count). The Balaban J connectivity index is 2.27. The number of nitrogens with zero attached hydrogens (tertiary/aromatic N) is 3. The summed E-state index contributed by atoms with van der Waals surface area (Å²) in [5.41, 5.74) is 2.50. The summed E-state index contributed by atoms with van der Waals surface area (Å²) >= 11 is 3.12. The van der Waals surface area contributed by atoms with Crippen LogP contribution in [-0.2, 0) is 0 Å². The molecule has 0 fully saturated rings. The minimum Gasteiger partial charge on any atom is -0.238 e. The van der Waals surface area contributed by atoms with Gasteiger partial charge in [0.2, 0.25) is 0 Å². The second kappa shape index (κ2) is 4.86. The van der Waals surface area contributed by atoms with Crippen LogP contribution in [0.4, 0.5) is 4.39 Å². The summed E-state index contributed by atoms with van der Waals surface area (Å²) in [6, 6.07) is 6.29. The topological polar surface area (TPSA) is 38.7 Å². The average molecular weight is 291 g/mol. The smallest absolute Gasteiger partial charge is 0.146 e. The van der Waals surface area contributed by atoms with E-state index < -0.39 is 0 Å². The van der Waals surface area contributed by atoms with Crippen molar-refractivity contribution in [3.63, 3.8) is 0 Å². The zero-order chi connectivity index (χ0) is 13.4. The molecule has 1 aromatic carbocycles. The number of rotatable bonds is 2. The van der Waals surface area contributed by atoms with Crippen molar-refractivity contribution in [1.29, 1.82) is 0 Å². The van der Waals surface area contributed by atoms with Gasteiger partial charge in [0, 0.05) is 5.56 Å². The Morgan fingerprint density at radius 3 is 2.58 bits per heavy atom. The zero-order valence-electron chi connectivity index (χ0n) is 10.3. The molecule has 2 heterocycles. The van der Waals surface area contributed by atoms with Crippen LogP contribution in [0.1, 0.15) is 5.01 Å². The minimum absolute atomic E-state index is 0.255. The monoisotopic (exact) mass is 291 g/mol. The van der Waals surface area contributed by atoms with Crippen LogP contribution in [0.2, 0.25) is 0 Å². The Morgan fingerprint density at radius 1 is 1.16 bits per heavy atom. The summed E-state index contributed by atoms with van der Waals surface area (Å²) in [5.74, 6) is -0.255. The van der Waals surface area contributed by atoms with Gasteiger partial charge < -0.3 is 0 Å². The summed E-state index contributed by atoms with van der Waals surface area (Å²) in [6.45, 7) is 1.96. The lowest BCUT2D eigenvalue weighted by atomic mass is 10.1. The van der Waals surface area contributed by atoms with E-state index in [-0.39, 0.29) is 5.82 Å². The summed E-state index contributed by atoms with van der Waals surface area (Å²) in [6.07, 6.45) is 1.95. The van der Waals surface area contributed by atoms with Crippen LogP contribution in [0, 0.1) is 12.7 Å². The number of halogens is 1. The third-order valence-electron chi connectivity index (χ3n) is 2.70. The molecule has 0 bridgehead atoms. The van der Waals surface area contributed by atoms with Crippen LogP contribution in [0.3, 0.4) is 0 Å². The van der Waals surface area contributed by atoms with Gasteiger partial charge in [-0.15, -0.1) is 33.3 Å². The first-order chi connectivity index (χ1) is 9.19. The quantitative estimate of drug-likeness (QED) is 0.671. The highest BCUT2D eigenvalue weighted by Gasteiger charge is 2.14. The molecule has 0 atom stereocenters. The molecular formula is C13H10FN3S2. The molecule has 3 nitrogen and oxygen atoms in total. The van der Waals surface area contributed by atoms with E-state index in [9.17, 15) is 4.39 Å². The van der Waals surface area contributed by atoms with Crippen LogP contribution in [0.25, 0.3) is 21.5 Å². The van der Waals surface area contributed by atoms with Crippen molar-refractivity contribution in [3.05, 3.63) is 35.1 Å². The normalized spacial score (nSPS) is 11.1. The molecule has 0 aliphatic carbocycles. The van der Waals surface area contributed by atoms with Gasteiger partial charge in [-0.2, -0.15) is 0 Å². The fraction of sp³-hybridized carbons (Fsp3) is 0.154. The highest BCUT2D eigenvalue weighted by Crippen LogP contribution is 2.34. The van der Waals surface area contributed by atoms with E-state index in [4.69, 9.17) is 0 Å².